The number of nitrogens with zero attached hydrogens (tertiary/aromatic N) is 1. The van der Waals surface area contributed by atoms with Crippen LogP contribution in [0.2, 0.25) is 0 Å². The van der Waals surface area contributed by atoms with Gasteiger partial charge in [-0.1, -0.05) is 12.2 Å². The smallest absolute Gasteiger partial charge is 0.309 e. The number of hydrogen-bond donors (Lipinski definition) is 1. The van der Waals surface area contributed by atoms with Crippen LogP contribution in [-0.4, -0.2) is 31.3 Å². The Morgan fingerprint density at radius 2 is 2.12 bits per heavy atom. The summed E-state index contributed by atoms with van der Waals surface area (Å²) in [7, 11) is 1.94. The number of carbonyl (C=O) groups excluding carboxylic acids is 2. The van der Waals surface area contributed by atoms with Crippen LogP contribution in [0.3, 0.4) is 0 Å². The summed E-state index contributed by atoms with van der Waals surface area (Å²) in [6, 6.07) is 0. The van der Waals surface area contributed by atoms with Crippen LogP contribution >= 0.6 is 0 Å². The van der Waals surface area contributed by atoms with Gasteiger partial charge in [-0.3, -0.25) is 4.79 Å². The van der Waals surface area contributed by atoms with E-state index < -0.39 is 5.91 Å². The zero-order chi connectivity index (χ0) is 12.8. The number of carbonyl (C=O) groups is 2. The van der Waals surface area contributed by atoms with Crippen LogP contribution in [0.1, 0.15) is 19.8 Å². The van der Waals surface area contributed by atoms with Crippen LogP contribution < -0.4 is 0 Å². The Balaban J connectivity index is 0.000000209. The number of fused-ring (bicyclic) bond motifs is 2. The molecule has 2 bridgehead atoms. The molecule has 1 amide bonds. The molecule has 17 heavy (non-hydrogen) atoms. The molecule has 0 radical (unpaired) electrons. The number of hydrogen-bond acceptors (Lipinski definition) is 3. The van der Waals surface area contributed by atoms with Crippen LogP contribution in [0, 0.1) is 17.8 Å². The van der Waals surface area contributed by atoms with Crippen molar-refractivity contribution in [2.45, 2.75) is 19.8 Å². The number of methoxy groups -OCH3 is 1. The van der Waals surface area contributed by atoms with Gasteiger partial charge in [0.2, 0.25) is 0 Å². The Morgan fingerprint density at radius 3 is 2.41 bits per heavy atom. The van der Waals surface area contributed by atoms with Crippen molar-refractivity contribution in [3.8, 4) is 0 Å². The van der Waals surface area contributed by atoms with Crippen molar-refractivity contribution in [2.75, 3.05) is 7.11 Å². The Kier molecular flexibility index (Phi) is 5.06. The van der Waals surface area contributed by atoms with E-state index in [1.165, 1.54) is 20.5 Å². The van der Waals surface area contributed by atoms with Crippen molar-refractivity contribution >= 4 is 19.2 Å². The summed E-state index contributed by atoms with van der Waals surface area (Å²) >= 11 is 0. The number of ether oxygens (including phenoxy) is 1. The predicted octanol–water partition coefficient (Wildman–Crippen LogP) is 0.700. The minimum Gasteiger partial charge on any atom is -0.469 e. The monoisotopic (exact) mass is 237 g/mol. The second kappa shape index (κ2) is 6.32. The van der Waals surface area contributed by atoms with Crippen molar-refractivity contribution in [1.29, 1.82) is 0 Å². The maximum Gasteiger partial charge on any atom is 0.309 e. The van der Waals surface area contributed by atoms with E-state index in [0.717, 1.165) is 6.42 Å². The molecule has 3 atom stereocenters. The van der Waals surface area contributed by atoms with Crippen molar-refractivity contribution in [2.24, 2.45) is 22.6 Å². The van der Waals surface area contributed by atoms with Gasteiger partial charge in [0.1, 0.15) is 0 Å². The normalized spacial score (nSPS) is 28.5. The van der Waals surface area contributed by atoms with Crippen molar-refractivity contribution in [3.05, 3.63) is 12.2 Å². The standard InChI is InChI=1S/C9H12O2.C2H4BNO2/c1-11-9(10)8-5-6-2-3-7(8)4-6;1-2(5)4-3-6/h2-3,6-8H,4-5H2,1H3;6H,1H3/t6-,7+,8?;/m1./s1. The summed E-state index contributed by atoms with van der Waals surface area (Å²) in [5, 5.41) is 7.72. The maximum absolute atomic E-state index is 11.1. The molecule has 2 rings (SSSR count). The summed E-state index contributed by atoms with van der Waals surface area (Å²) in [5.41, 5.74) is 0. The van der Waals surface area contributed by atoms with Gasteiger partial charge in [-0.15, -0.1) is 0 Å². The second-order valence-corrected chi connectivity index (χ2v) is 4.17. The fraction of sp³-hybridized carbons (Fsp3) is 0.636. The molecule has 1 saturated carbocycles. The predicted molar refractivity (Wildman–Crippen MR) is 61.9 cm³/mol. The molecule has 0 saturated heterocycles. The van der Waals surface area contributed by atoms with E-state index in [9.17, 15) is 9.59 Å². The van der Waals surface area contributed by atoms with Crippen molar-refractivity contribution in [1.82, 2.24) is 0 Å². The number of esters is 1. The maximum atomic E-state index is 11.1. The van der Waals surface area contributed by atoms with E-state index in [0.29, 0.717) is 19.1 Å². The summed E-state index contributed by atoms with van der Waals surface area (Å²) in [4.78, 5) is 23.8. The minimum atomic E-state index is -0.391. The van der Waals surface area contributed by atoms with E-state index in [1.54, 1.807) is 0 Å². The van der Waals surface area contributed by atoms with Gasteiger partial charge in [0.15, 0.2) is 0 Å². The van der Waals surface area contributed by atoms with Crippen molar-refractivity contribution < 1.29 is 19.3 Å². The topological polar surface area (TPSA) is 76.0 Å². The van der Waals surface area contributed by atoms with Crippen LogP contribution in [0.25, 0.3) is 0 Å². The first kappa shape index (κ1) is 13.6. The molecule has 2 aliphatic rings. The average Bonchev–Trinajstić information content (AvgIpc) is 2.90. The zero-order valence-electron chi connectivity index (χ0n) is 10.00. The zero-order valence-corrected chi connectivity index (χ0v) is 10.00. The molecule has 0 spiro atoms. The Morgan fingerprint density at radius 1 is 1.41 bits per heavy atom. The van der Waals surface area contributed by atoms with Crippen LogP contribution in [0.5, 0.6) is 0 Å². The van der Waals surface area contributed by atoms with E-state index in [2.05, 4.69) is 17.0 Å². The SMILES string of the molecule is CC(=O)N=BO.COC(=O)C1C[C@@H]2C=C[C@H]1C2. The largest absolute Gasteiger partial charge is 0.469 e. The first-order valence-corrected chi connectivity index (χ1v) is 5.52. The Hall–Kier alpha value is -1.46. The molecule has 0 aromatic heterocycles. The molecular weight excluding hydrogens is 221 g/mol. The van der Waals surface area contributed by atoms with Gasteiger partial charge in [0, 0.05) is 0 Å². The van der Waals surface area contributed by atoms with E-state index >= 15 is 0 Å². The number of allylic oxidation sites excluding steroid dienone is 2. The third-order valence-corrected chi connectivity index (χ3v) is 3.02. The van der Waals surface area contributed by atoms with E-state index in [4.69, 9.17) is 9.76 Å². The summed E-state index contributed by atoms with van der Waals surface area (Å²) in [6.07, 6.45) is 6.56. The van der Waals surface area contributed by atoms with Gasteiger partial charge in [-0.05, 0) is 24.7 Å². The van der Waals surface area contributed by atoms with Gasteiger partial charge in [0.25, 0.3) is 0 Å². The molecular formula is C11H16BNO4. The first-order valence-electron chi connectivity index (χ1n) is 5.52. The Labute approximate surface area is 101 Å². The molecule has 5 nitrogen and oxygen atoms in total. The molecule has 1 fully saturated rings. The van der Waals surface area contributed by atoms with Gasteiger partial charge >= 0.3 is 40.8 Å². The molecule has 0 aromatic rings. The molecule has 0 aliphatic heterocycles. The quantitative estimate of drug-likeness (QED) is 0.413. The van der Waals surface area contributed by atoms with Gasteiger partial charge in [-0.2, -0.15) is 0 Å². The first-order chi connectivity index (χ1) is 8.08. The number of amides is 1. The van der Waals surface area contributed by atoms with E-state index in [-0.39, 0.29) is 11.9 Å². The van der Waals surface area contributed by atoms with Crippen LogP contribution in [0.15, 0.2) is 17.0 Å². The molecule has 0 heterocycles. The second-order valence-electron chi connectivity index (χ2n) is 4.17. The minimum absolute atomic E-state index is 0.0261. The Bertz CT molecular complexity index is 353. The third-order valence-electron chi connectivity index (χ3n) is 3.02. The van der Waals surface area contributed by atoms with E-state index in [1.807, 2.05) is 0 Å². The summed E-state index contributed by atoms with van der Waals surface area (Å²) in [5.74, 6) is 0.880. The molecule has 1 unspecified atom stereocenters. The van der Waals surface area contributed by atoms with Crippen LogP contribution in [-0.2, 0) is 14.3 Å². The molecule has 0 aromatic carbocycles. The molecule has 2 aliphatic carbocycles. The van der Waals surface area contributed by atoms with Gasteiger partial charge in [-0.25, -0.2) is 0 Å². The third kappa shape index (κ3) is 3.80. The van der Waals surface area contributed by atoms with Gasteiger partial charge < -0.3 is 4.74 Å². The fourth-order valence-corrected chi connectivity index (χ4v) is 2.28. The molecule has 92 valence electrons. The molecule has 1 N–H and O–H groups in total. The van der Waals surface area contributed by atoms with Crippen molar-refractivity contribution in [3.63, 3.8) is 0 Å². The molecule has 6 heteroatoms. The summed E-state index contributed by atoms with van der Waals surface area (Å²) < 4.78 is 4.71. The van der Waals surface area contributed by atoms with Gasteiger partial charge in [0.05, 0.1) is 13.0 Å². The average molecular weight is 237 g/mol. The van der Waals surface area contributed by atoms with Crippen LogP contribution in [0.4, 0.5) is 0 Å². The fourth-order valence-electron chi connectivity index (χ4n) is 2.28. The number of rotatable bonds is 1. The summed E-state index contributed by atoms with van der Waals surface area (Å²) in [6.45, 7) is 1.26.